The minimum atomic E-state index is -1.01. The second-order valence-corrected chi connectivity index (χ2v) is 6.39. The first-order valence-electron chi connectivity index (χ1n) is 5.99. The molecule has 0 aliphatic carbocycles. The van der Waals surface area contributed by atoms with E-state index in [1.54, 1.807) is 30.0 Å². The number of hydrogen-bond acceptors (Lipinski definition) is 3. The predicted octanol–water partition coefficient (Wildman–Crippen LogP) is 2.19. The lowest BCUT2D eigenvalue weighted by Crippen LogP contribution is -2.37. The second kappa shape index (κ2) is 6.61. The number of rotatable bonds is 6. The van der Waals surface area contributed by atoms with E-state index in [1.807, 2.05) is 20.1 Å². The third-order valence-electron chi connectivity index (χ3n) is 2.86. The molecule has 0 saturated heterocycles. The van der Waals surface area contributed by atoms with Crippen molar-refractivity contribution in [1.82, 2.24) is 5.32 Å². The van der Waals surface area contributed by atoms with Crippen molar-refractivity contribution in [2.45, 2.75) is 25.0 Å². The van der Waals surface area contributed by atoms with Gasteiger partial charge in [0.1, 0.15) is 0 Å². The van der Waals surface area contributed by atoms with Crippen molar-refractivity contribution in [2.24, 2.45) is 0 Å². The molecule has 19 heavy (non-hydrogen) atoms. The molecule has 0 spiro atoms. The van der Waals surface area contributed by atoms with E-state index >= 15 is 0 Å². The molecule has 1 rings (SSSR count). The average molecular weight is 281 g/mol. The molecule has 1 amide bonds. The summed E-state index contributed by atoms with van der Waals surface area (Å²) in [6, 6.07) is 6.57. The molecule has 2 N–H and O–H groups in total. The minimum Gasteiger partial charge on any atom is -0.478 e. The molecular weight excluding hydrogens is 262 g/mol. The number of nitrogens with one attached hydrogen (secondary N) is 1. The van der Waals surface area contributed by atoms with Crippen LogP contribution in [0.2, 0.25) is 0 Å². The van der Waals surface area contributed by atoms with Crippen LogP contribution in [-0.2, 0) is 11.2 Å². The van der Waals surface area contributed by atoms with Gasteiger partial charge in [-0.2, -0.15) is 11.8 Å². The van der Waals surface area contributed by atoms with E-state index < -0.39 is 5.97 Å². The maximum Gasteiger partial charge on any atom is 0.335 e. The Morgan fingerprint density at radius 2 is 1.95 bits per heavy atom. The largest absolute Gasteiger partial charge is 0.478 e. The first-order valence-corrected chi connectivity index (χ1v) is 7.21. The lowest BCUT2D eigenvalue weighted by Gasteiger charge is -2.22. The highest BCUT2D eigenvalue weighted by Gasteiger charge is 2.18. The van der Waals surface area contributed by atoms with Crippen LogP contribution in [0.1, 0.15) is 29.8 Å². The molecule has 0 unspecified atom stereocenters. The number of carbonyl (C=O) groups is 2. The second-order valence-electron chi connectivity index (χ2n) is 4.88. The van der Waals surface area contributed by atoms with Gasteiger partial charge in [-0.05, 0) is 31.7 Å². The summed E-state index contributed by atoms with van der Waals surface area (Å²) in [5, 5.41) is 11.9. The summed E-state index contributed by atoms with van der Waals surface area (Å²) in [6.45, 7) is 4.65. The normalized spacial score (nSPS) is 11.1. The van der Waals surface area contributed by atoms with E-state index in [1.165, 1.54) is 6.07 Å². The first-order chi connectivity index (χ1) is 8.85. The van der Waals surface area contributed by atoms with Gasteiger partial charge in [0.05, 0.1) is 12.0 Å². The van der Waals surface area contributed by atoms with Gasteiger partial charge in [-0.15, -0.1) is 0 Å². The van der Waals surface area contributed by atoms with Crippen molar-refractivity contribution in [3.8, 4) is 0 Å². The molecular formula is C14H19NO3S. The van der Waals surface area contributed by atoms with Crippen molar-refractivity contribution in [3.63, 3.8) is 0 Å². The zero-order valence-corrected chi connectivity index (χ0v) is 12.2. The van der Waals surface area contributed by atoms with Crippen LogP contribution < -0.4 is 5.32 Å². The molecule has 104 valence electrons. The maximum absolute atomic E-state index is 11.8. The molecule has 0 bridgehead atoms. The molecule has 0 atom stereocenters. The number of carbonyl (C=O) groups excluding carboxylic acids is 1. The molecule has 0 aliphatic rings. The highest BCUT2D eigenvalue weighted by molar-refractivity contribution is 7.99. The highest BCUT2D eigenvalue weighted by atomic mass is 32.2. The van der Waals surface area contributed by atoms with Crippen LogP contribution in [0.3, 0.4) is 0 Å². The van der Waals surface area contributed by atoms with Gasteiger partial charge in [0.15, 0.2) is 0 Å². The third kappa shape index (κ3) is 4.95. The maximum atomic E-state index is 11.8. The fraction of sp³-hybridized carbons (Fsp3) is 0.429. The summed E-state index contributed by atoms with van der Waals surface area (Å²) in [6.07, 6.45) is 2.08. The van der Waals surface area contributed by atoms with Crippen molar-refractivity contribution in [1.29, 1.82) is 0 Å². The van der Waals surface area contributed by atoms with E-state index in [0.717, 1.165) is 0 Å². The van der Waals surface area contributed by atoms with Crippen LogP contribution in [-0.4, -0.2) is 34.5 Å². The predicted molar refractivity (Wildman–Crippen MR) is 77.7 cm³/mol. The average Bonchev–Trinajstić information content (AvgIpc) is 2.37. The van der Waals surface area contributed by atoms with Gasteiger partial charge in [0.2, 0.25) is 5.91 Å². The Morgan fingerprint density at radius 1 is 1.32 bits per heavy atom. The van der Waals surface area contributed by atoms with E-state index in [0.29, 0.717) is 12.1 Å². The van der Waals surface area contributed by atoms with E-state index in [-0.39, 0.29) is 22.6 Å². The molecule has 0 heterocycles. The Morgan fingerprint density at radius 3 is 2.53 bits per heavy atom. The van der Waals surface area contributed by atoms with Gasteiger partial charge >= 0.3 is 5.97 Å². The van der Waals surface area contributed by atoms with Crippen LogP contribution >= 0.6 is 11.8 Å². The Balaban J connectivity index is 2.65. The SMILES string of the molecule is CSC(C)(C)CNC(=O)Cc1ccccc1C(=O)O. The fourth-order valence-electron chi connectivity index (χ4n) is 1.50. The molecule has 1 aromatic carbocycles. The fourth-order valence-corrected chi connectivity index (χ4v) is 1.72. The molecule has 1 aromatic rings. The molecule has 0 aliphatic heterocycles. The van der Waals surface area contributed by atoms with Gasteiger partial charge < -0.3 is 10.4 Å². The highest BCUT2D eigenvalue weighted by Crippen LogP contribution is 2.19. The van der Waals surface area contributed by atoms with Gasteiger partial charge in [0, 0.05) is 11.3 Å². The van der Waals surface area contributed by atoms with Crippen LogP contribution in [0.5, 0.6) is 0 Å². The number of carboxylic acids is 1. The van der Waals surface area contributed by atoms with Gasteiger partial charge in [-0.1, -0.05) is 18.2 Å². The van der Waals surface area contributed by atoms with Crippen molar-refractivity contribution < 1.29 is 14.7 Å². The third-order valence-corrected chi connectivity index (χ3v) is 4.11. The summed E-state index contributed by atoms with van der Waals surface area (Å²) in [7, 11) is 0. The number of hydrogen-bond donors (Lipinski definition) is 2. The summed E-state index contributed by atoms with van der Waals surface area (Å²) in [5.41, 5.74) is 0.719. The minimum absolute atomic E-state index is 0.0258. The lowest BCUT2D eigenvalue weighted by molar-refractivity contribution is -0.120. The zero-order chi connectivity index (χ0) is 14.5. The van der Waals surface area contributed by atoms with Gasteiger partial charge in [0.25, 0.3) is 0 Å². The Bertz CT molecular complexity index is 472. The molecule has 0 radical (unpaired) electrons. The standard InChI is InChI=1S/C14H19NO3S/c1-14(2,19-3)9-15-12(16)8-10-6-4-5-7-11(10)13(17)18/h4-7H,8-9H2,1-3H3,(H,15,16)(H,17,18). The van der Waals surface area contributed by atoms with Crippen molar-refractivity contribution >= 4 is 23.6 Å². The van der Waals surface area contributed by atoms with E-state index in [4.69, 9.17) is 5.11 Å². The Kier molecular flexibility index (Phi) is 5.42. The first kappa shape index (κ1) is 15.6. The van der Waals surface area contributed by atoms with Gasteiger partial charge in [-0.3, -0.25) is 4.79 Å². The van der Waals surface area contributed by atoms with E-state index in [9.17, 15) is 9.59 Å². The summed E-state index contributed by atoms with van der Waals surface area (Å²) >= 11 is 1.67. The number of aromatic carboxylic acids is 1. The quantitative estimate of drug-likeness (QED) is 0.839. The van der Waals surface area contributed by atoms with Crippen molar-refractivity contribution in [2.75, 3.05) is 12.8 Å². The summed E-state index contributed by atoms with van der Waals surface area (Å²) in [5.74, 6) is -1.16. The van der Waals surface area contributed by atoms with Crippen LogP contribution in [0.15, 0.2) is 24.3 Å². The van der Waals surface area contributed by atoms with Crippen LogP contribution in [0.4, 0.5) is 0 Å². The van der Waals surface area contributed by atoms with E-state index in [2.05, 4.69) is 5.32 Å². The molecule has 0 aromatic heterocycles. The van der Waals surface area contributed by atoms with Gasteiger partial charge in [-0.25, -0.2) is 4.79 Å². The lowest BCUT2D eigenvalue weighted by atomic mass is 10.0. The molecule has 4 nitrogen and oxygen atoms in total. The number of amides is 1. The van der Waals surface area contributed by atoms with Crippen molar-refractivity contribution in [3.05, 3.63) is 35.4 Å². The number of thioether (sulfide) groups is 1. The Labute approximate surface area is 117 Å². The molecule has 0 fully saturated rings. The number of carboxylic acid groups (broad SMARTS) is 1. The smallest absolute Gasteiger partial charge is 0.335 e. The molecule has 0 saturated carbocycles. The monoisotopic (exact) mass is 281 g/mol. The summed E-state index contributed by atoms with van der Waals surface area (Å²) in [4.78, 5) is 22.9. The topological polar surface area (TPSA) is 66.4 Å². The van der Waals surface area contributed by atoms with Crippen LogP contribution in [0.25, 0.3) is 0 Å². The summed E-state index contributed by atoms with van der Waals surface area (Å²) < 4.78 is -0.0258. The Hall–Kier alpha value is -1.49. The van der Waals surface area contributed by atoms with Crippen LogP contribution in [0, 0.1) is 0 Å². The molecule has 5 heteroatoms. The zero-order valence-electron chi connectivity index (χ0n) is 11.4. The number of benzene rings is 1.